The van der Waals surface area contributed by atoms with Gasteiger partial charge in [-0.1, -0.05) is 19.1 Å². The van der Waals surface area contributed by atoms with E-state index in [9.17, 15) is 5.26 Å². The molecule has 29 heavy (non-hydrogen) atoms. The minimum absolute atomic E-state index is 0.102. The highest BCUT2D eigenvalue weighted by atomic mass is 32.1. The molecule has 0 spiro atoms. The summed E-state index contributed by atoms with van der Waals surface area (Å²) in [7, 11) is 0. The number of aryl methyl sites for hydroxylation is 1. The summed E-state index contributed by atoms with van der Waals surface area (Å²) in [6.45, 7) is 2.08. The number of aromatic nitrogens is 4. The molecule has 1 unspecified atom stereocenters. The molecule has 1 fully saturated rings. The maximum absolute atomic E-state index is 9.40. The Morgan fingerprint density at radius 3 is 3.10 bits per heavy atom. The smallest absolute Gasteiger partial charge is 0.268 e. The minimum atomic E-state index is 0.102. The third-order valence-corrected chi connectivity index (χ3v) is 6.27. The summed E-state index contributed by atoms with van der Waals surface area (Å²) < 4.78 is 11.5. The van der Waals surface area contributed by atoms with Gasteiger partial charge in [0.25, 0.3) is 6.71 Å². The third-order valence-electron chi connectivity index (χ3n) is 5.48. The highest BCUT2D eigenvalue weighted by Gasteiger charge is 2.28. The Bertz CT molecular complexity index is 1190. The fourth-order valence-electron chi connectivity index (χ4n) is 4.03. The first-order valence-corrected chi connectivity index (χ1v) is 10.5. The number of hydrogen-bond donors (Lipinski definition) is 1. The van der Waals surface area contributed by atoms with Crippen LogP contribution in [0.2, 0.25) is 12.6 Å². The van der Waals surface area contributed by atoms with E-state index in [1.807, 2.05) is 29.8 Å². The van der Waals surface area contributed by atoms with Gasteiger partial charge in [0.2, 0.25) is 0 Å². The van der Waals surface area contributed by atoms with Gasteiger partial charge in [0, 0.05) is 28.9 Å². The van der Waals surface area contributed by atoms with Gasteiger partial charge >= 0.3 is 0 Å². The maximum Gasteiger partial charge on any atom is 0.268 e. The number of anilines is 2. The maximum atomic E-state index is 9.40. The molecule has 1 aliphatic rings. The standard InChI is InChI=1S/C20H19BN6OS/c1-13-7-19(29-26-13)25-18-8-17(14-3-2-5-21(9-14)12-22)24-20-16(10-23-27(18)20)15-4-6-28-11-15/h4,6-8,10-11,14,25H,2-3,5,9H2,1H3. The molecule has 1 aliphatic heterocycles. The average Bonchev–Trinajstić information content (AvgIpc) is 3.48. The Morgan fingerprint density at radius 2 is 2.34 bits per heavy atom. The lowest BCUT2D eigenvalue weighted by atomic mass is 9.41. The summed E-state index contributed by atoms with van der Waals surface area (Å²) in [5, 5.41) is 18.4. The van der Waals surface area contributed by atoms with E-state index < -0.39 is 0 Å². The lowest BCUT2D eigenvalue weighted by molar-refractivity contribution is 0.568. The van der Waals surface area contributed by atoms with Crippen molar-refractivity contribution in [2.24, 2.45) is 0 Å². The number of nitrogens with one attached hydrogen (secondary N) is 1. The van der Waals surface area contributed by atoms with E-state index in [2.05, 4.69) is 26.8 Å². The zero-order chi connectivity index (χ0) is 19.8. The van der Waals surface area contributed by atoms with E-state index in [0.29, 0.717) is 0 Å². The van der Waals surface area contributed by atoms with Gasteiger partial charge in [0.05, 0.1) is 24.4 Å². The molecule has 0 radical (unpaired) electrons. The molecule has 5 rings (SSSR count). The molecule has 0 saturated carbocycles. The van der Waals surface area contributed by atoms with Crippen LogP contribution >= 0.6 is 11.5 Å². The molecular formula is C20H19BN6OS. The number of nitrogens with zero attached hydrogens (tertiary/aromatic N) is 5. The summed E-state index contributed by atoms with van der Waals surface area (Å²) in [6, 6.07) is 6.00. The fourth-order valence-corrected chi connectivity index (χ4v) is 4.69. The van der Waals surface area contributed by atoms with Crippen LogP contribution < -0.4 is 5.32 Å². The molecule has 0 bridgehead atoms. The van der Waals surface area contributed by atoms with E-state index in [0.717, 1.165) is 64.5 Å². The summed E-state index contributed by atoms with van der Waals surface area (Å²) in [5.41, 5.74) is 4.64. The lowest BCUT2D eigenvalue weighted by Crippen LogP contribution is -2.21. The Morgan fingerprint density at radius 1 is 1.41 bits per heavy atom. The van der Waals surface area contributed by atoms with Crippen LogP contribution in [0.3, 0.4) is 0 Å². The molecule has 0 aliphatic carbocycles. The van der Waals surface area contributed by atoms with E-state index >= 15 is 0 Å². The van der Waals surface area contributed by atoms with Crippen molar-refractivity contribution < 1.29 is 4.42 Å². The van der Waals surface area contributed by atoms with Crippen LogP contribution in [0.25, 0.3) is 16.8 Å². The monoisotopic (exact) mass is 402 g/mol. The highest BCUT2D eigenvalue weighted by molar-refractivity contribution is 7.10. The predicted molar refractivity (Wildman–Crippen MR) is 114 cm³/mol. The summed E-state index contributed by atoms with van der Waals surface area (Å²) >= 11 is 1.42. The van der Waals surface area contributed by atoms with E-state index in [1.54, 1.807) is 12.5 Å². The van der Waals surface area contributed by atoms with Crippen molar-refractivity contribution in [2.75, 3.05) is 5.32 Å². The number of hydrogen-bond acceptors (Lipinski definition) is 7. The molecule has 0 amide bonds. The first kappa shape index (κ1) is 17.9. The van der Waals surface area contributed by atoms with Gasteiger partial charge < -0.3 is 9.73 Å². The predicted octanol–water partition coefficient (Wildman–Crippen LogP) is 4.93. The van der Waals surface area contributed by atoms with Crippen molar-refractivity contribution in [2.45, 2.75) is 38.3 Å². The Kier molecular flexibility index (Phi) is 4.56. The zero-order valence-corrected chi connectivity index (χ0v) is 16.8. The molecule has 5 heterocycles. The highest BCUT2D eigenvalue weighted by Crippen LogP contribution is 2.36. The molecule has 0 aromatic carbocycles. The zero-order valence-electron chi connectivity index (χ0n) is 16.0. The van der Waals surface area contributed by atoms with Gasteiger partial charge in [0.1, 0.15) is 10.8 Å². The lowest BCUT2D eigenvalue weighted by Gasteiger charge is -2.23. The second kappa shape index (κ2) is 7.37. The Hall–Kier alpha value is -3.12. The number of nitriles is 1. The van der Waals surface area contributed by atoms with E-state index in [-0.39, 0.29) is 12.6 Å². The van der Waals surface area contributed by atoms with Gasteiger partial charge in [-0.15, -0.1) is 0 Å². The molecule has 4 aromatic heterocycles. The second-order valence-corrected chi connectivity index (χ2v) is 8.32. The first-order chi connectivity index (χ1) is 14.2. The second-order valence-electron chi connectivity index (χ2n) is 7.52. The molecule has 4 aromatic rings. The molecule has 144 valence electrons. The van der Waals surface area contributed by atoms with Gasteiger partial charge in [-0.2, -0.15) is 14.0 Å². The number of furan rings is 1. The van der Waals surface area contributed by atoms with Crippen LogP contribution in [0, 0.1) is 18.2 Å². The third kappa shape index (κ3) is 3.40. The van der Waals surface area contributed by atoms with Crippen molar-refractivity contribution in [1.82, 2.24) is 19.0 Å². The van der Waals surface area contributed by atoms with Crippen LogP contribution in [0.1, 0.15) is 30.1 Å². The summed E-state index contributed by atoms with van der Waals surface area (Å²) in [6.07, 6.45) is 9.12. The Labute approximate surface area is 172 Å². The molecule has 1 saturated heterocycles. The van der Waals surface area contributed by atoms with Crippen molar-refractivity contribution >= 4 is 34.7 Å². The quantitative estimate of drug-likeness (QED) is 0.487. The summed E-state index contributed by atoms with van der Waals surface area (Å²) in [4.78, 5) is 4.99. The fraction of sp³-hybridized carbons (Fsp3) is 0.300. The molecular weight excluding hydrogens is 383 g/mol. The first-order valence-electron chi connectivity index (χ1n) is 9.72. The minimum Gasteiger partial charge on any atom is -0.472 e. The molecule has 1 atom stereocenters. The van der Waals surface area contributed by atoms with Gasteiger partial charge in [-0.05, 0) is 42.9 Å². The van der Waals surface area contributed by atoms with Crippen molar-refractivity contribution in [3.8, 4) is 17.1 Å². The number of rotatable bonds is 4. The van der Waals surface area contributed by atoms with Gasteiger partial charge in [0.15, 0.2) is 5.65 Å². The van der Waals surface area contributed by atoms with Crippen LogP contribution in [-0.4, -0.2) is 25.7 Å². The van der Waals surface area contributed by atoms with Gasteiger partial charge in [-0.25, -0.2) is 10.2 Å². The molecule has 1 N–H and O–H groups in total. The Balaban J connectivity index is 1.62. The molecule has 7 nitrogen and oxygen atoms in total. The summed E-state index contributed by atoms with van der Waals surface area (Å²) in [5.74, 6) is 3.57. The largest absolute Gasteiger partial charge is 0.472 e. The molecule has 9 heteroatoms. The van der Waals surface area contributed by atoms with Crippen molar-refractivity contribution in [1.29, 1.82) is 5.26 Å². The van der Waals surface area contributed by atoms with Crippen molar-refractivity contribution in [3.63, 3.8) is 0 Å². The van der Waals surface area contributed by atoms with E-state index in [4.69, 9.17) is 9.40 Å². The normalized spacial score (nSPS) is 16.8. The topological polar surface area (TPSA) is 92.0 Å². The van der Waals surface area contributed by atoms with Crippen LogP contribution in [0.15, 0.2) is 41.3 Å². The van der Waals surface area contributed by atoms with Crippen LogP contribution in [-0.2, 0) is 0 Å². The van der Waals surface area contributed by atoms with Crippen LogP contribution in [0.5, 0.6) is 0 Å². The van der Waals surface area contributed by atoms with Crippen molar-refractivity contribution in [3.05, 3.63) is 48.3 Å². The average molecular weight is 402 g/mol. The van der Waals surface area contributed by atoms with Crippen LogP contribution in [0.4, 0.5) is 10.8 Å². The van der Waals surface area contributed by atoms with E-state index in [1.165, 1.54) is 11.5 Å². The van der Waals surface area contributed by atoms with Gasteiger partial charge in [-0.3, -0.25) is 0 Å². The number of fused-ring (bicyclic) bond motifs is 1. The SMILES string of the molecule is Cc1cc(Nc2cc(C3CCCB(C#N)C3)nc3c(-c4ccoc4)cnn23)sn1.